The van der Waals surface area contributed by atoms with Gasteiger partial charge in [-0.25, -0.2) is 8.78 Å². The monoisotopic (exact) mass is 297 g/mol. The van der Waals surface area contributed by atoms with Crippen LogP contribution in [0.4, 0.5) is 8.78 Å². The first-order valence-corrected chi connectivity index (χ1v) is 6.48. The Morgan fingerprint density at radius 1 is 1.15 bits per heavy atom. The van der Waals surface area contributed by atoms with Crippen molar-refractivity contribution in [2.24, 2.45) is 0 Å². The van der Waals surface area contributed by atoms with Crippen LogP contribution in [0, 0.1) is 11.6 Å². The molecule has 0 amide bonds. The lowest BCUT2D eigenvalue weighted by atomic mass is 10.1. The van der Waals surface area contributed by atoms with Crippen molar-refractivity contribution in [1.29, 1.82) is 0 Å². The summed E-state index contributed by atoms with van der Waals surface area (Å²) in [5, 5.41) is 3.60. The molecular weight excluding hydrogens is 284 g/mol. The van der Waals surface area contributed by atoms with Gasteiger partial charge in [0.05, 0.1) is 0 Å². The number of nitrogens with one attached hydrogen (secondary N) is 1. The second-order valence-electron chi connectivity index (χ2n) is 4.37. The van der Waals surface area contributed by atoms with Crippen molar-refractivity contribution in [3.05, 3.63) is 58.6 Å². The van der Waals surface area contributed by atoms with Gasteiger partial charge < -0.3 is 10.1 Å². The molecule has 0 spiro atoms. The first-order valence-electron chi connectivity index (χ1n) is 6.11. The lowest BCUT2D eigenvalue weighted by molar-refractivity contribution is 0.437. The van der Waals surface area contributed by atoms with Crippen LogP contribution in [-0.4, -0.2) is 7.05 Å². The van der Waals surface area contributed by atoms with Gasteiger partial charge in [0, 0.05) is 17.1 Å². The molecule has 0 bridgehead atoms. The Kier molecular flexibility index (Phi) is 4.57. The standard InChI is InChI=1S/C15H14ClF2NO/c1-9(19-2)12-5-4-11(8-13(12)16)20-15-6-3-10(17)7-14(15)18/h3-9,19H,1-2H3. The maximum Gasteiger partial charge on any atom is 0.168 e. The van der Waals surface area contributed by atoms with Gasteiger partial charge in [-0.3, -0.25) is 0 Å². The maximum atomic E-state index is 13.5. The molecule has 20 heavy (non-hydrogen) atoms. The van der Waals surface area contributed by atoms with Crippen molar-refractivity contribution < 1.29 is 13.5 Å². The zero-order valence-corrected chi connectivity index (χ0v) is 11.8. The molecule has 0 aliphatic rings. The van der Waals surface area contributed by atoms with E-state index in [4.69, 9.17) is 16.3 Å². The SMILES string of the molecule is CNC(C)c1ccc(Oc2ccc(F)cc2F)cc1Cl. The first kappa shape index (κ1) is 14.8. The summed E-state index contributed by atoms with van der Waals surface area (Å²) in [6.45, 7) is 1.97. The van der Waals surface area contributed by atoms with Crippen molar-refractivity contribution in [2.45, 2.75) is 13.0 Å². The average Bonchev–Trinajstić information content (AvgIpc) is 2.41. The fourth-order valence-corrected chi connectivity index (χ4v) is 2.10. The zero-order chi connectivity index (χ0) is 14.7. The van der Waals surface area contributed by atoms with E-state index in [0.29, 0.717) is 10.8 Å². The third-order valence-corrected chi connectivity index (χ3v) is 3.32. The molecule has 1 unspecified atom stereocenters. The quantitative estimate of drug-likeness (QED) is 0.884. The average molecular weight is 298 g/mol. The molecule has 1 atom stereocenters. The van der Waals surface area contributed by atoms with Crippen LogP contribution in [0.15, 0.2) is 36.4 Å². The van der Waals surface area contributed by atoms with Crippen molar-refractivity contribution in [3.8, 4) is 11.5 Å². The van der Waals surface area contributed by atoms with E-state index in [2.05, 4.69) is 5.32 Å². The van der Waals surface area contributed by atoms with E-state index < -0.39 is 11.6 Å². The van der Waals surface area contributed by atoms with Crippen LogP contribution in [0.3, 0.4) is 0 Å². The summed E-state index contributed by atoms with van der Waals surface area (Å²) in [5.41, 5.74) is 0.918. The lowest BCUT2D eigenvalue weighted by Gasteiger charge is -2.14. The van der Waals surface area contributed by atoms with Gasteiger partial charge in [-0.2, -0.15) is 0 Å². The third-order valence-electron chi connectivity index (χ3n) is 2.99. The highest BCUT2D eigenvalue weighted by atomic mass is 35.5. The predicted octanol–water partition coefficient (Wildman–Crippen LogP) is 4.69. The molecule has 0 aliphatic heterocycles. The normalized spacial score (nSPS) is 12.2. The molecule has 106 valence electrons. The Hall–Kier alpha value is -1.65. The molecule has 0 heterocycles. The van der Waals surface area contributed by atoms with E-state index in [1.807, 2.05) is 14.0 Å². The van der Waals surface area contributed by atoms with Gasteiger partial charge in [0.25, 0.3) is 0 Å². The highest BCUT2D eigenvalue weighted by molar-refractivity contribution is 6.31. The van der Waals surface area contributed by atoms with Gasteiger partial charge in [0.1, 0.15) is 11.6 Å². The van der Waals surface area contributed by atoms with Crippen LogP contribution in [0.5, 0.6) is 11.5 Å². The summed E-state index contributed by atoms with van der Waals surface area (Å²) in [7, 11) is 1.83. The van der Waals surface area contributed by atoms with E-state index in [1.165, 1.54) is 6.07 Å². The summed E-state index contributed by atoms with van der Waals surface area (Å²) < 4.78 is 31.7. The molecule has 0 aromatic heterocycles. The minimum Gasteiger partial charge on any atom is -0.454 e. The lowest BCUT2D eigenvalue weighted by Crippen LogP contribution is -2.12. The molecule has 2 aromatic carbocycles. The fourth-order valence-electron chi connectivity index (χ4n) is 1.76. The summed E-state index contributed by atoms with van der Waals surface area (Å²) >= 11 is 6.16. The molecule has 0 aliphatic carbocycles. The van der Waals surface area contributed by atoms with E-state index in [-0.39, 0.29) is 11.8 Å². The van der Waals surface area contributed by atoms with E-state index >= 15 is 0 Å². The molecule has 0 radical (unpaired) electrons. The molecule has 2 rings (SSSR count). The minimum absolute atomic E-state index is 0.0446. The van der Waals surface area contributed by atoms with Gasteiger partial charge in [0.2, 0.25) is 0 Å². The molecule has 0 saturated carbocycles. The molecule has 2 nitrogen and oxygen atoms in total. The second-order valence-corrected chi connectivity index (χ2v) is 4.78. The summed E-state index contributed by atoms with van der Waals surface area (Å²) in [4.78, 5) is 0. The Balaban J connectivity index is 2.24. The van der Waals surface area contributed by atoms with E-state index in [9.17, 15) is 8.78 Å². The number of ether oxygens (including phenoxy) is 1. The fraction of sp³-hybridized carbons (Fsp3) is 0.200. The van der Waals surface area contributed by atoms with Crippen molar-refractivity contribution >= 4 is 11.6 Å². The Morgan fingerprint density at radius 2 is 1.90 bits per heavy atom. The molecular formula is C15H14ClF2NO. The molecule has 2 aromatic rings. The van der Waals surface area contributed by atoms with Gasteiger partial charge in [0.15, 0.2) is 11.6 Å². The van der Waals surface area contributed by atoms with Crippen LogP contribution in [0.25, 0.3) is 0 Å². The molecule has 1 N–H and O–H groups in total. The van der Waals surface area contributed by atoms with E-state index in [1.54, 1.807) is 18.2 Å². The molecule has 0 fully saturated rings. The summed E-state index contributed by atoms with van der Waals surface area (Å²) in [6.07, 6.45) is 0. The number of hydrogen-bond acceptors (Lipinski definition) is 2. The van der Waals surface area contributed by atoms with Crippen molar-refractivity contribution in [2.75, 3.05) is 7.05 Å². The summed E-state index contributed by atoms with van der Waals surface area (Å²) in [5.74, 6) is -1.05. The Bertz CT molecular complexity index is 619. The van der Waals surface area contributed by atoms with Gasteiger partial charge in [-0.05, 0) is 43.8 Å². The van der Waals surface area contributed by atoms with Crippen LogP contribution < -0.4 is 10.1 Å². The van der Waals surface area contributed by atoms with E-state index in [0.717, 1.165) is 17.7 Å². The van der Waals surface area contributed by atoms with Crippen LogP contribution >= 0.6 is 11.6 Å². The second kappa shape index (κ2) is 6.20. The number of halogens is 3. The smallest absolute Gasteiger partial charge is 0.168 e. The number of hydrogen-bond donors (Lipinski definition) is 1. The third kappa shape index (κ3) is 3.26. The zero-order valence-electron chi connectivity index (χ0n) is 11.1. The first-order chi connectivity index (χ1) is 9.51. The molecule has 5 heteroatoms. The Morgan fingerprint density at radius 3 is 2.50 bits per heavy atom. The largest absolute Gasteiger partial charge is 0.454 e. The maximum absolute atomic E-state index is 13.5. The minimum atomic E-state index is -0.756. The Labute approximate surface area is 121 Å². The van der Waals surface area contributed by atoms with Crippen LogP contribution in [0.2, 0.25) is 5.02 Å². The highest BCUT2D eigenvalue weighted by Gasteiger charge is 2.11. The highest BCUT2D eigenvalue weighted by Crippen LogP contribution is 2.30. The van der Waals surface area contributed by atoms with Gasteiger partial charge >= 0.3 is 0 Å². The van der Waals surface area contributed by atoms with Crippen LogP contribution in [0.1, 0.15) is 18.5 Å². The number of benzene rings is 2. The van der Waals surface area contributed by atoms with Gasteiger partial charge in [-0.15, -0.1) is 0 Å². The van der Waals surface area contributed by atoms with Crippen molar-refractivity contribution in [3.63, 3.8) is 0 Å². The van der Waals surface area contributed by atoms with Gasteiger partial charge in [-0.1, -0.05) is 17.7 Å². The topological polar surface area (TPSA) is 21.3 Å². The molecule has 0 saturated heterocycles. The number of rotatable bonds is 4. The van der Waals surface area contributed by atoms with Crippen molar-refractivity contribution in [1.82, 2.24) is 5.32 Å². The summed E-state index contributed by atoms with van der Waals surface area (Å²) in [6, 6.07) is 8.35. The van der Waals surface area contributed by atoms with Crippen LogP contribution in [-0.2, 0) is 0 Å². The predicted molar refractivity (Wildman–Crippen MR) is 75.4 cm³/mol.